The lowest BCUT2D eigenvalue weighted by molar-refractivity contribution is 0.183. The van der Waals surface area contributed by atoms with Crippen molar-refractivity contribution in [2.75, 3.05) is 36.9 Å². The van der Waals surface area contributed by atoms with E-state index in [1.54, 1.807) is 6.20 Å². The third-order valence-electron chi connectivity index (χ3n) is 5.29. The predicted molar refractivity (Wildman–Crippen MR) is 120 cm³/mol. The van der Waals surface area contributed by atoms with Crippen molar-refractivity contribution < 1.29 is 9.84 Å². The molecule has 158 valence electrons. The molecule has 1 fully saturated rings. The smallest absolute Gasteiger partial charge is 0.202 e. The summed E-state index contributed by atoms with van der Waals surface area (Å²) in [5.41, 5.74) is 3.43. The van der Waals surface area contributed by atoms with Crippen molar-refractivity contribution in [2.45, 2.75) is 25.6 Å². The minimum absolute atomic E-state index is 0.696. The molecule has 0 amide bonds. The third kappa shape index (κ3) is 5.52. The van der Waals surface area contributed by atoms with E-state index in [-0.39, 0.29) is 0 Å². The number of likely N-dealkylation sites (tertiary alicyclic amines) is 1. The fraction of sp³-hybridized carbons (Fsp3) is 0.348. The summed E-state index contributed by atoms with van der Waals surface area (Å²) in [4.78, 5) is 2.46. The molecule has 0 aliphatic carbocycles. The molecule has 0 saturated carbocycles. The number of hydrogen-bond donors (Lipinski definition) is 4. The van der Waals surface area contributed by atoms with Crippen molar-refractivity contribution in [3.63, 3.8) is 0 Å². The van der Waals surface area contributed by atoms with Gasteiger partial charge in [0, 0.05) is 29.7 Å². The average molecular weight is 408 g/mol. The molecule has 2 heterocycles. The molecule has 4 N–H and O–H groups in total. The number of piperidine rings is 1. The van der Waals surface area contributed by atoms with Crippen LogP contribution in [0.2, 0.25) is 0 Å². The van der Waals surface area contributed by atoms with Gasteiger partial charge in [0.2, 0.25) is 6.35 Å². The monoisotopic (exact) mass is 407 g/mol. The minimum Gasteiger partial charge on any atom is -0.492 e. The topological polar surface area (TPSA) is 85.4 Å². The summed E-state index contributed by atoms with van der Waals surface area (Å²) in [6.45, 7) is 4.03. The summed E-state index contributed by atoms with van der Waals surface area (Å²) in [6.07, 6.45) is 4.70. The summed E-state index contributed by atoms with van der Waals surface area (Å²) in [5, 5.41) is 23.5. The van der Waals surface area contributed by atoms with Crippen LogP contribution in [0.3, 0.4) is 0 Å². The first-order chi connectivity index (χ1) is 14.8. The fourth-order valence-corrected chi connectivity index (χ4v) is 3.71. The van der Waals surface area contributed by atoms with E-state index < -0.39 is 6.35 Å². The number of aromatic nitrogens is 2. The van der Waals surface area contributed by atoms with Gasteiger partial charge in [0.05, 0.1) is 5.69 Å². The van der Waals surface area contributed by atoms with E-state index in [9.17, 15) is 5.11 Å². The van der Waals surface area contributed by atoms with Crippen LogP contribution < -0.4 is 15.4 Å². The maximum atomic E-state index is 10.4. The number of benzene rings is 2. The summed E-state index contributed by atoms with van der Waals surface area (Å²) in [7, 11) is 0. The Morgan fingerprint density at radius 1 is 1.00 bits per heavy atom. The molecule has 0 spiro atoms. The molecule has 1 unspecified atom stereocenters. The first-order valence-corrected chi connectivity index (χ1v) is 10.5. The number of aromatic amines is 1. The van der Waals surface area contributed by atoms with E-state index in [1.807, 2.05) is 54.6 Å². The van der Waals surface area contributed by atoms with Crippen LogP contribution in [0.25, 0.3) is 11.3 Å². The average Bonchev–Trinajstić information content (AvgIpc) is 3.31. The van der Waals surface area contributed by atoms with E-state index >= 15 is 0 Å². The van der Waals surface area contributed by atoms with Crippen molar-refractivity contribution >= 4 is 11.4 Å². The second-order valence-corrected chi connectivity index (χ2v) is 7.48. The molecule has 30 heavy (non-hydrogen) atoms. The second kappa shape index (κ2) is 10.1. The van der Waals surface area contributed by atoms with Crippen molar-refractivity contribution in [3.05, 3.63) is 60.8 Å². The molecular weight excluding hydrogens is 378 g/mol. The highest BCUT2D eigenvalue weighted by molar-refractivity contribution is 5.75. The van der Waals surface area contributed by atoms with Crippen LogP contribution >= 0.6 is 0 Å². The normalized spacial score (nSPS) is 15.5. The van der Waals surface area contributed by atoms with Gasteiger partial charge in [-0.2, -0.15) is 5.10 Å². The van der Waals surface area contributed by atoms with Gasteiger partial charge < -0.3 is 20.5 Å². The van der Waals surface area contributed by atoms with Gasteiger partial charge in [0.1, 0.15) is 12.4 Å². The Balaban J connectivity index is 1.27. The lowest BCUT2D eigenvalue weighted by Crippen LogP contribution is -2.33. The number of anilines is 2. The zero-order chi connectivity index (χ0) is 20.6. The summed E-state index contributed by atoms with van der Waals surface area (Å²) in [5.74, 6) is 0.838. The van der Waals surface area contributed by atoms with Gasteiger partial charge in [-0.1, -0.05) is 24.6 Å². The van der Waals surface area contributed by atoms with Crippen LogP contribution in [0.4, 0.5) is 11.4 Å². The molecule has 3 aromatic rings. The molecule has 2 aromatic carbocycles. The van der Waals surface area contributed by atoms with Gasteiger partial charge >= 0.3 is 0 Å². The number of hydrogen-bond acceptors (Lipinski definition) is 6. The third-order valence-corrected chi connectivity index (χ3v) is 5.29. The Morgan fingerprint density at radius 3 is 2.57 bits per heavy atom. The number of nitrogens with zero attached hydrogens (tertiary/aromatic N) is 2. The first kappa shape index (κ1) is 20.3. The summed E-state index contributed by atoms with van der Waals surface area (Å²) in [6, 6.07) is 17.3. The quantitative estimate of drug-likeness (QED) is 0.404. The minimum atomic E-state index is -0.944. The van der Waals surface area contributed by atoms with E-state index in [1.165, 1.54) is 32.4 Å². The Morgan fingerprint density at radius 2 is 1.80 bits per heavy atom. The van der Waals surface area contributed by atoms with E-state index in [4.69, 9.17) is 4.74 Å². The maximum Gasteiger partial charge on any atom is 0.202 e. The molecule has 1 atom stereocenters. The maximum absolute atomic E-state index is 10.4. The van der Waals surface area contributed by atoms with Gasteiger partial charge in [-0.15, -0.1) is 0 Å². The number of aliphatic hydroxyl groups excluding tert-OH is 1. The van der Waals surface area contributed by atoms with Gasteiger partial charge in [-0.25, -0.2) is 0 Å². The summed E-state index contributed by atoms with van der Waals surface area (Å²) >= 11 is 0. The van der Waals surface area contributed by atoms with Crippen LogP contribution in [-0.4, -0.2) is 52.8 Å². The highest BCUT2D eigenvalue weighted by Gasteiger charge is 2.11. The Labute approximate surface area is 177 Å². The van der Waals surface area contributed by atoms with Crippen molar-refractivity contribution in [1.82, 2.24) is 15.1 Å². The second-order valence-electron chi connectivity index (χ2n) is 7.48. The molecule has 7 heteroatoms. The first-order valence-electron chi connectivity index (χ1n) is 10.5. The molecule has 0 bridgehead atoms. The standard InChI is InChI=1S/C23H29N5O2/c29-23(26-21-7-3-2-6-20(21)22-12-13-24-27-22)25-18-8-10-19(11-9-18)30-17-16-28-14-4-1-5-15-28/h2-3,6-13,23,25-26,29H,1,4-5,14-17H2,(H,24,27). The molecule has 1 aliphatic heterocycles. The van der Waals surface area contributed by atoms with Crippen molar-refractivity contribution in [1.29, 1.82) is 0 Å². The van der Waals surface area contributed by atoms with Crippen LogP contribution in [-0.2, 0) is 0 Å². The zero-order valence-electron chi connectivity index (χ0n) is 17.1. The highest BCUT2D eigenvalue weighted by Crippen LogP contribution is 2.26. The van der Waals surface area contributed by atoms with Crippen LogP contribution in [0.5, 0.6) is 5.75 Å². The molecule has 4 rings (SSSR count). The van der Waals surface area contributed by atoms with Gasteiger partial charge in [0.15, 0.2) is 0 Å². The number of ether oxygens (including phenoxy) is 1. The molecule has 1 aliphatic rings. The largest absolute Gasteiger partial charge is 0.492 e. The lowest BCUT2D eigenvalue weighted by Gasteiger charge is -2.26. The fourth-order valence-electron chi connectivity index (χ4n) is 3.71. The number of nitrogens with one attached hydrogen (secondary N) is 3. The lowest BCUT2D eigenvalue weighted by atomic mass is 10.1. The molecule has 0 radical (unpaired) electrons. The number of rotatable bonds is 9. The van der Waals surface area contributed by atoms with Crippen molar-refractivity contribution in [2.24, 2.45) is 0 Å². The number of para-hydroxylation sites is 1. The molecular formula is C23H29N5O2. The van der Waals surface area contributed by atoms with Gasteiger partial charge in [-0.05, 0) is 62.3 Å². The van der Waals surface area contributed by atoms with E-state index in [0.29, 0.717) is 6.61 Å². The van der Waals surface area contributed by atoms with Gasteiger partial charge in [0.25, 0.3) is 0 Å². The number of H-pyrrole nitrogens is 1. The Kier molecular flexibility index (Phi) is 6.84. The SMILES string of the molecule is OC(Nc1ccc(OCCN2CCCCC2)cc1)Nc1ccccc1-c1ccn[nH]1. The Bertz CT molecular complexity index is 892. The number of aliphatic hydroxyl groups is 1. The highest BCUT2D eigenvalue weighted by atomic mass is 16.5. The zero-order valence-corrected chi connectivity index (χ0v) is 17.1. The predicted octanol–water partition coefficient (Wildman–Crippen LogP) is 3.74. The van der Waals surface area contributed by atoms with Crippen molar-refractivity contribution in [3.8, 4) is 17.0 Å². The Hall–Kier alpha value is -3.03. The summed E-state index contributed by atoms with van der Waals surface area (Å²) < 4.78 is 5.86. The van der Waals surface area contributed by atoms with Gasteiger partial charge in [-0.3, -0.25) is 10.00 Å². The van der Waals surface area contributed by atoms with E-state index in [2.05, 4.69) is 25.7 Å². The van der Waals surface area contributed by atoms with Crippen LogP contribution in [0.15, 0.2) is 60.8 Å². The molecule has 7 nitrogen and oxygen atoms in total. The van der Waals surface area contributed by atoms with Crippen LogP contribution in [0.1, 0.15) is 19.3 Å². The van der Waals surface area contributed by atoms with E-state index in [0.717, 1.165) is 34.9 Å². The molecule has 1 aromatic heterocycles. The van der Waals surface area contributed by atoms with Crippen LogP contribution in [0, 0.1) is 0 Å². The molecule has 1 saturated heterocycles.